The number of ether oxygens (including phenoxy) is 1. The fraction of sp³-hybridized carbons (Fsp3) is 0.118. The van der Waals surface area contributed by atoms with Crippen LogP contribution in [0, 0.1) is 0 Å². The number of hydrogen-bond donors (Lipinski definition) is 0. The Kier molecular flexibility index (Phi) is 5.07. The molecule has 2 rings (SSSR count). The van der Waals surface area contributed by atoms with E-state index in [1.165, 1.54) is 31.2 Å². The van der Waals surface area contributed by atoms with Gasteiger partial charge in [-0.3, -0.25) is 9.59 Å². The lowest BCUT2D eigenvalue weighted by Crippen LogP contribution is -2.24. The molecule has 5 heteroatoms. The Bertz CT molecular complexity index is 690. The molecule has 0 bridgehead atoms. The van der Waals surface area contributed by atoms with Crippen LogP contribution < -0.4 is 0 Å². The minimum absolute atomic E-state index is 0.279. The van der Waals surface area contributed by atoms with Crippen molar-refractivity contribution in [2.24, 2.45) is 0 Å². The fourth-order valence-electron chi connectivity index (χ4n) is 1.83. The van der Waals surface area contributed by atoms with Crippen LogP contribution in [0.3, 0.4) is 0 Å². The molecule has 4 nitrogen and oxygen atoms in total. The van der Waals surface area contributed by atoms with E-state index in [1.807, 2.05) is 0 Å². The molecule has 0 aliphatic carbocycles. The molecule has 2 aromatic carbocycles. The molecule has 0 aliphatic heterocycles. The van der Waals surface area contributed by atoms with Crippen molar-refractivity contribution in [3.8, 4) is 0 Å². The van der Waals surface area contributed by atoms with Gasteiger partial charge in [-0.05, 0) is 43.3 Å². The van der Waals surface area contributed by atoms with Crippen LogP contribution in [0.25, 0.3) is 0 Å². The molecule has 0 N–H and O–H groups in total. The molecule has 0 amide bonds. The summed E-state index contributed by atoms with van der Waals surface area (Å²) in [4.78, 5) is 34.7. The van der Waals surface area contributed by atoms with Crippen LogP contribution in [0.1, 0.15) is 38.0 Å². The van der Waals surface area contributed by atoms with Crippen LogP contribution in [-0.4, -0.2) is 24.1 Å². The van der Waals surface area contributed by atoms with Gasteiger partial charge in [0.2, 0.25) is 5.78 Å². The minimum Gasteiger partial charge on any atom is -0.451 e. The van der Waals surface area contributed by atoms with Crippen molar-refractivity contribution in [2.75, 3.05) is 0 Å². The lowest BCUT2D eigenvalue weighted by atomic mass is 10.1. The molecule has 0 saturated carbocycles. The van der Waals surface area contributed by atoms with Gasteiger partial charge in [-0.25, -0.2) is 4.79 Å². The highest BCUT2D eigenvalue weighted by atomic mass is 35.5. The highest BCUT2D eigenvalue weighted by Crippen LogP contribution is 2.13. The predicted octanol–water partition coefficient (Wildman–Crippen LogP) is 3.58. The Hall–Kier alpha value is -2.46. The first-order valence-corrected chi connectivity index (χ1v) is 6.95. The highest BCUT2D eigenvalue weighted by Gasteiger charge is 2.20. The zero-order chi connectivity index (χ0) is 16.1. The lowest BCUT2D eigenvalue weighted by Gasteiger charge is -2.12. The average Bonchev–Trinajstić information content (AvgIpc) is 2.54. The number of rotatable bonds is 5. The van der Waals surface area contributed by atoms with Gasteiger partial charge in [-0.1, -0.05) is 23.7 Å². The second kappa shape index (κ2) is 7.00. The Morgan fingerprint density at radius 1 is 1.00 bits per heavy atom. The molecule has 0 fully saturated rings. The number of halogens is 1. The van der Waals surface area contributed by atoms with Gasteiger partial charge in [0, 0.05) is 16.1 Å². The average molecular weight is 317 g/mol. The van der Waals surface area contributed by atoms with Crippen LogP contribution in [0.5, 0.6) is 0 Å². The zero-order valence-electron chi connectivity index (χ0n) is 11.8. The number of Topliss-reactive ketones (excluding diaryl/α,β-unsaturated/α-hetero) is 1. The van der Waals surface area contributed by atoms with Gasteiger partial charge in [0.05, 0.1) is 5.56 Å². The number of carbonyl (C=O) groups excluding carboxylic acids is 3. The number of aldehydes is 1. The molecule has 0 saturated heterocycles. The van der Waals surface area contributed by atoms with Crippen molar-refractivity contribution in [3.63, 3.8) is 0 Å². The van der Waals surface area contributed by atoms with E-state index >= 15 is 0 Å². The lowest BCUT2D eigenvalue weighted by molar-refractivity contribution is 0.0319. The Balaban J connectivity index is 2.05. The summed E-state index contributed by atoms with van der Waals surface area (Å²) in [6.07, 6.45) is -0.235. The molecule has 0 aromatic heterocycles. The number of carbonyl (C=O) groups is 3. The van der Waals surface area contributed by atoms with Crippen molar-refractivity contribution in [1.29, 1.82) is 0 Å². The predicted molar refractivity (Wildman–Crippen MR) is 82.5 cm³/mol. The molecule has 0 aliphatic rings. The summed E-state index contributed by atoms with van der Waals surface area (Å²) < 4.78 is 5.15. The van der Waals surface area contributed by atoms with Crippen LogP contribution in [0.15, 0.2) is 48.5 Å². The van der Waals surface area contributed by atoms with Gasteiger partial charge in [0.25, 0.3) is 0 Å². The first kappa shape index (κ1) is 15.9. The molecular formula is C17H13ClO4. The molecule has 2 aromatic rings. The smallest absolute Gasteiger partial charge is 0.338 e. The molecule has 22 heavy (non-hydrogen) atoms. The Morgan fingerprint density at radius 3 is 2.09 bits per heavy atom. The van der Waals surface area contributed by atoms with Crippen LogP contribution >= 0.6 is 11.6 Å². The normalized spacial score (nSPS) is 11.5. The third-order valence-electron chi connectivity index (χ3n) is 3.06. The summed E-state index contributed by atoms with van der Waals surface area (Å²) in [5.74, 6) is -0.929. The minimum atomic E-state index is -0.917. The molecular weight excluding hydrogens is 304 g/mol. The van der Waals surface area contributed by atoms with Gasteiger partial charge in [0.15, 0.2) is 6.10 Å². The van der Waals surface area contributed by atoms with E-state index in [0.717, 1.165) is 0 Å². The van der Waals surface area contributed by atoms with E-state index in [4.69, 9.17) is 16.3 Å². The van der Waals surface area contributed by atoms with Crippen molar-refractivity contribution in [2.45, 2.75) is 13.0 Å². The number of benzene rings is 2. The van der Waals surface area contributed by atoms with E-state index in [0.29, 0.717) is 22.4 Å². The maximum atomic E-state index is 12.2. The summed E-state index contributed by atoms with van der Waals surface area (Å²) in [5, 5.41) is 0.525. The van der Waals surface area contributed by atoms with Gasteiger partial charge < -0.3 is 4.74 Å². The number of esters is 1. The standard InChI is InChI=1S/C17H13ClO4/c1-11(16(20)13-6-8-15(18)9-7-13)22-17(21)14-4-2-12(10-19)3-5-14/h2-11H,1H3/t11-/m1/s1. The fourth-order valence-corrected chi connectivity index (χ4v) is 1.95. The summed E-state index contributed by atoms with van der Waals surface area (Å²) >= 11 is 5.76. The third-order valence-corrected chi connectivity index (χ3v) is 3.32. The van der Waals surface area contributed by atoms with E-state index in [-0.39, 0.29) is 11.3 Å². The van der Waals surface area contributed by atoms with Gasteiger partial charge >= 0.3 is 5.97 Å². The van der Waals surface area contributed by atoms with Crippen LogP contribution in [0.2, 0.25) is 5.02 Å². The van der Waals surface area contributed by atoms with E-state index in [1.54, 1.807) is 24.3 Å². The topological polar surface area (TPSA) is 60.4 Å². The molecule has 0 unspecified atom stereocenters. The molecule has 0 radical (unpaired) electrons. The largest absolute Gasteiger partial charge is 0.451 e. The van der Waals surface area contributed by atoms with Crippen molar-refractivity contribution < 1.29 is 19.1 Å². The highest BCUT2D eigenvalue weighted by molar-refractivity contribution is 6.30. The second-order valence-corrected chi connectivity index (χ2v) is 5.09. The van der Waals surface area contributed by atoms with Crippen LogP contribution in [0.4, 0.5) is 0 Å². The molecule has 0 heterocycles. The molecule has 1 atom stereocenters. The van der Waals surface area contributed by atoms with Crippen molar-refractivity contribution in [1.82, 2.24) is 0 Å². The number of ketones is 1. The van der Waals surface area contributed by atoms with E-state index < -0.39 is 12.1 Å². The second-order valence-electron chi connectivity index (χ2n) is 4.66. The van der Waals surface area contributed by atoms with Crippen LogP contribution in [-0.2, 0) is 4.74 Å². The Labute approximate surface area is 132 Å². The Morgan fingerprint density at radius 2 is 1.55 bits per heavy atom. The van der Waals surface area contributed by atoms with Crippen molar-refractivity contribution >= 4 is 29.6 Å². The quantitative estimate of drug-likeness (QED) is 0.480. The number of hydrogen-bond acceptors (Lipinski definition) is 4. The summed E-state index contributed by atoms with van der Waals surface area (Å²) in [5.41, 5.74) is 1.16. The summed E-state index contributed by atoms with van der Waals surface area (Å²) in [6, 6.07) is 12.3. The first-order valence-electron chi connectivity index (χ1n) is 6.57. The zero-order valence-corrected chi connectivity index (χ0v) is 12.5. The van der Waals surface area contributed by atoms with Gasteiger partial charge in [-0.15, -0.1) is 0 Å². The van der Waals surface area contributed by atoms with Gasteiger partial charge in [0.1, 0.15) is 6.29 Å². The maximum Gasteiger partial charge on any atom is 0.338 e. The molecule has 0 spiro atoms. The van der Waals surface area contributed by atoms with Crippen molar-refractivity contribution in [3.05, 3.63) is 70.2 Å². The van der Waals surface area contributed by atoms with E-state index in [9.17, 15) is 14.4 Å². The molecule has 112 valence electrons. The maximum absolute atomic E-state index is 12.2. The monoisotopic (exact) mass is 316 g/mol. The SMILES string of the molecule is C[C@@H](OC(=O)c1ccc(C=O)cc1)C(=O)c1ccc(Cl)cc1. The summed E-state index contributed by atoms with van der Waals surface area (Å²) in [6.45, 7) is 1.51. The van der Waals surface area contributed by atoms with E-state index in [2.05, 4.69) is 0 Å². The third kappa shape index (κ3) is 3.80. The van der Waals surface area contributed by atoms with Gasteiger partial charge in [-0.2, -0.15) is 0 Å². The first-order chi connectivity index (χ1) is 10.5. The summed E-state index contributed by atoms with van der Waals surface area (Å²) in [7, 11) is 0.